The Labute approximate surface area is 149 Å². The minimum absolute atomic E-state index is 0.462. The van der Waals surface area contributed by atoms with Gasteiger partial charge in [-0.1, -0.05) is 0 Å². The molecule has 2 aromatic rings. The van der Waals surface area contributed by atoms with Gasteiger partial charge in [0.05, 0.1) is 0 Å². The molecule has 1 amide bonds. The number of rotatable bonds is 6. The molecule has 0 radical (unpaired) electrons. The van der Waals surface area contributed by atoms with Crippen molar-refractivity contribution in [2.24, 2.45) is 0 Å². The summed E-state index contributed by atoms with van der Waals surface area (Å²) in [6, 6.07) is 4.36. The Kier molecular flexibility index (Phi) is 5.04. The Morgan fingerprint density at radius 1 is 1.15 bits per heavy atom. The van der Waals surface area contributed by atoms with E-state index >= 15 is 0 Å². The van der Waals surface area contributed by atoms with Gasteiger partial charge in [0.2, 0.25) is 5.91 Å². The monoisotopic (exact) mass is 357 g/mol. The Balaban J connectivity index is 1.91. The first-order chi connectivity index (χ1) is 12.5. The molecule has 0 bridgehead atoms. The molecule has 8 nitrogen and oxygen atoms in total. The Morgan fingerprint density at radius 3 is 2.54 bits per heavy atom. The normalized spacial score (nSPS) is 16.2. The number of carbonyl (C=O) groups excluding carboxylic acids is 1. The van der Waals surface area contributed by atoms with Gasteiger partial charge in [-0.25, -0.2) is 4.79 Å². The van der Waals surface area contributed by atoms with Crippen LogP contribution < -0.4 is 5.32 Å². The number of amides is 1. The van der Waals surface area contributed by atoms with Crippen LogP contribution in [0.4, 0.5) is 5.69 Å². The number of anilines is 1. The number of nitrogens with one attached hydrogen (secondary N) is 2. The van der Waals surface area contributed by atoms with Gasteiger partial charge < -0.3 is 20.5 Å². The first kappa shape index (κ1) is 17.7. The van der Waals surface area contributed by atoms with Gasteiger partial charge in [0, 0.05) is 40.5 Å². The zero-order chi connectivity index (χ0) is 18.7. The number of nitrogens with zero attached hydrogens (tertiary/aromatic N) is 1. The molecule has 136 valence electrons. The van der Waals surface area contributed by atoms with E-state index in [0.717, 1.165) is 43.6 Å². The number of likely N-dealkylation sites (tertiary alicyclic amines) is 1. The maximum Gasteiger partial charge on any atom is 0.328 e. The number of benzene rings is 1. The maximum atomic E-state index is 11.9. The van der Waals surface area contributed by atoms with Crippen LogP contribution in [-0.4, -0.2) is 51.0 Å². The van der Waals surface area contributed by atoms with Crippen LogP contribution in [0.1, 0.15) is 24.4 Å². The zero-order valence-corrected chi connectivity index (χ0v) is 13.9. The highest BCUT2D eigenvalue weighted by Gasteiger charge is 2.31. The molecule has 1 aliphatic heterocycles. The topological polar surface area (TPSA) is 123 Å². The molecule has 1 aliphatic rings. The van der Waals surface area contributed by atoms with Crippen molar-refractivity contribution in [2.75, 3.05) is 18.4 Å². The van der Waals surface area contributed by atoms with Crippen molar-refractivity contribution in [3.63, 3.8) is 0 Å². The summed E-state index contributed by atoms with van der Waals surface area (Å²) in [5, 5.41) is 21.6. The van der Waals surface area contributed by atoms with E-state index in [1.807, 2.05) is 4.90 Å². The van der Waals surface area contributed by atoms with Crippen molar-refractivity contribution < 1.29 is 24.6 Å². The molecule has 1 aromatic carbocycles. The number of aromatic amines is 1. The standard InChI is InChI=1S/C18H19N3O5/c22-15(5-6-16(23)24)20-11-3-4-14-12(9-11)13(10-19-14)17(18(25)26)21-7-1-2-8-21/h3-6,9-10,17,19H,1-2,7-8H2,(H,20,22)(H,23,24)(H,25,26)/b6-5+/t17-/m1/s1. The van der Waals surface area contributed by atoms with Crippen LogP contribution in [0.25, 0.3) is 10.9 Å². The van der Waals surface area contributed by atoms with Gasteiger partial charge >= 0.3 is 11.9 Å². The third-order valence-electron chi connectivity index (χ3n) is 4.39. The molecule has 0 aliphatic carbocycles. The molecular formula is C18H19N3O5. The van der Waals surface area contributed by atoms with E-state index in [2.05, 4.69) is 10.3 Å². The SMILES string of the molecule is O=C(O)/C=C/C(=O)Nc1ccc2[nH]cc([C@H](C(=O)O)N3CCCC3)c2c1. The number of carboxylic acids is 2. The molecule has 8 heteroatoms. The number of aliphatic carboxylic acids is 2. The summed E-state index contributed by atoms with van der Waals surface area (Å²) in [6.07, 6.45) is 5.32. The lowest BCUT2D eigenvalue weighted by Gasteiger charge is -2.23. The molecule has 1 fully saturated rings. The van der Waals surface area contributed by atoms with Gasteiger partial charge in [-0.2, -0.15) is 0 Å². The van der Waals surface area contributed by atoms with Crippen LogP contribution in [0.3, 0.4) is 0 Å². The van der Waals surface area contributed by atoms with Crippen LogP contribution in [0, 0.1) is 0 Å². The lowest BCUT2D eigenvalue weighted by atomic mass is 10.0. The molecular weight excluding hydrogens is 338 g/mol. The van der Waals surface area contributed by atoms with Crippen molar-refractivity contribution in [2.45, 2.75) is 18.9 Å². The highest BCUT2D eigenvalue weighted by atomic mass is 16.4. The average Bonchev–Trinajstić information content (AvgIpc) is 3.24. The highest BCUT2D eigenvalue weighted by Crippen LogP contribution is 2.32. The quantitative estimate of drug-likeness (QED) is 0.586. The van der Waals surface area contributed by atoms with Gasteiger partial charge in [0.15, 0.2) is 0 Å². The molecule has 0 spiro atoms. The van der Waals surface area contributed by atoms with Crippen LogP contribution in [0.2, 0.25) is 0 Å². The summed E-state index contributed by atoms with van der Waals surface area (Å²) in [7, 11) is 0. The summed E-state index contributed by atoms with van der Waals surface area (Å²) < 4.78 is 0. The molecule has 4 N–H and O–H groups in total. The Hall–Kier alpha value is -3.13. The second-order valence-corrected chi connectivity index (χ2v) is 6.15. The van der Waals surface area contributed by atoms with E-state index in [0.29, 0.717) is 16.6 Å². The number of carboxylic acid groups (broad SMARTS) is 2. The van der Waals surface area contributed by atoms with Gasteiger partial charge in [0.25, 0.3) is 0 Å². The van der Waals surface area contributed by atoms with E-state index in [1.54, 1.807) is 24.4 Å². The zero-order valence-electron chi connectivity index (χ0n) is 13.9. The van der Waals surface area contributed by atoms with Crippen molar-refractivity contribution in [3.05, 3.63) is 42.1 Å². The first-order valence-corrected chi connectivity index (χ1v) is 8.25. The van der Waals surface area contributed by atoms with Gasteiger partial charge in [-0.15, -0.1) is 0 Å². The minimum Gasteiger partial charge on any atom is -0.480 e. The molecule has 26 heavy (non-hydrogen) atoms. The molecule has 3 rings (SSSR count). The highest BCUT2D eigenvalue weighted by molar-refractivity contribution is 6.03. The summed E-state index contributed by atoms with van der Waals surface area (Å²) >= 11 is 0. The number of hydrogen-bond donors (Lipinski definition) is 4. The number of fused-ring (bicyclic) bond motifs is 1. The second-order valence-electron chi connectivity index (χ2n) is 6.15. The van der Waals surface area contributed by atoms with Crippen LogP contribution in [0.5, 0.6) is 0 Å². The molecule has 0 saturated carbocycles. The lowest BCUT2D eigenvalue weighted by Crippen LogP contribution is -2.31. The van der Waals surface area contributed by atoms with Crippen molar-refractivity contribution in [1.82, 2.24) is 9.88 Å². The van der Waals surface area contributed by atoms with E-state index < -0.39 is 23.9 Å². The Bertz CT molecular complexity index is 880. The molecule has 1 aromatic heterocycles. The van der Waals surface area contributed by atoms with Crippen molar-refractivity contribution in [3.8, 4) is 0 Å². The van der Waals surface area contributed by atoms with E-state index in [-0.39, 0.29) is 0 Å². The fraction of sp³-hybridized carbons (Fsp3) is 0.278. The predicted octanol–water partition coefficient (Wildman–Crippen LogP) is 1.97. The Morgan fingerprint density at radius 2 is 1.88 bits per heavy atom. The van der Waals surface area contributed by atoms with Crippen molar-refractivity contribution >= 4 is 34.4 Å². The van der Waals surface area contributed by atoms with Gasteiger partial charge in [0.1, 0.15) is 6.04 Å². The molecule has 2 heterocycles. The van der Waals surface area contributed by atoms with Gasteiger partial charge in [-0.3, -0.25) is 14.5 Å². The van der Waals surface area contributed by atoms with Crippen LogP contribution in [-0.2, 0) is 14.4 Å². The van der Waals surface area contributed by atoms with E-state index in [9.17, 15) is 19.5 Å². The third-order valence-corrected chi connectivity index (χ3v) is 4.39. The number of carbonyl (C=O) groups is 3. The smallest absolute Gasteiger partial charge is 0.328 e. The summed E-state index contributed by atoms with van der Waals surface area (Å²) in [5.74, 6) is -2.69. The number of H-pyrrole nitrogens is 1. The largest absolute Gasteiger partial charge is 0.480 e. The lowest BCUT2D eigenvalue weighted by molar-refractivity contribution is -0.143. The fourth-order valence-corrected chi connectivity index (χ4v) is 3.26. The molecule has 1 saturated heterocycles. The summed E-state index contributed by atoms with van der Waals surface area (Å²) in [6.45, 7) is 1.47. The van der Waals surface area contributed by atoms with Crippen molar-refractivity contribution in [1.29, 1.82) is 0 Å². The maximum absolute atomic E-state index is 11.9. The van der Waals surface area contributed by atoms with Crippen LogP contribution in [0.15, 0.2) is 36.5 Å². The summed E-state index contributed by atoms with van der Waals surface area (Å²) in [5.41, 5.74) is 1.88. The second kappa shape index (κ2) is 7.40. The predicted molar refractivity (Wildman–Crippen MR) is 94.9 cm³/mol. The van der Waals surface area contributed by atoms with E-state index in [1.165, 1.54) is 0 Å². The average molecular weight is 357 g/mol. The van der Waals surface area contributed by atoms with E-state index in [4.69, 9.17) is 5.11 Å². The number of aromatic nitrogens is 1. The van der Waals surface area contributed by atoms with Gasteiger partial charge in [-0.05, 0) is 44.1 Å². The molecule has 1 atom stereocenters. The third kappa shape index (κ3) is 3.75. The minimum atomic E-state index is -1.21. The molecule has 0 unspecified atom stereocenters. The first-order valence-electron chi connectivity index (χ1n) is 8.25. The fourth-order valence-electron chi connectivity index (χ4n) is 3.26. The van der Waals surface area contributed by atoms with Crippen LogP contribution >= 0.6 is 0 Å². The number of hydrogen-bond acceptors (Lipinski definition) is 4. The summed E-state index contributed by atoms with van der Waals surface area (Å²) in [4.78, 5) is 39.1.